The Morgan fingerprint density at radius 3 is 1.68 bits per heavy atom. The minimum absolute atomic E-state index is 0.212. The molecule has 0 unspecified atom stereocenters. The van der Waals surface area contributed by atoms with E-state index in [9.17, 15) is 0 Å². The highest BCUT2D eigenvalue weighted by Crippen LogP contribution is 2.55. The summed E-state index contributed by atoms with van der Waals surface area (Å²) >= 11 is 0. The molecule has 2 nitrogen and oxygen atoms in total. The summed E-state index contributed by atoms with van der Waals surface area (Å²) in [5.74, 6) is 0. The van der Waals surface area contributed by atoms with Crippen LogP contribution in [0.25, 0.3) is 44.2 Å². The maximum absolute atomic E-state index is 2.54. The van der Waals surface area contributed by atoms with Gasteiger partial charge in [0.25, 0.3) is 0 Å². The molecule has 0 aliphatic carbocycles. The normalized spacial score (nSPS) is 12.8. The van der Waals surface area contributed by atoms with Crippen LogP contribution in [-0.2, 0) is 5.41 Å². The maximum Gasteiger partial charge on any atom is 0.0618 e. The second kappa shape index (κ2) is 14.2. The van der Waals surface area contributed by atoms with Crippen LogP contribution >= 0.6 is 0 Å². The highest BCUT2D eigenvalue weighted by Gasteiger charge is 2.38. The number of para-hydroxylation sites is 2. The van der Waals surface area contributed by atoms with Crippen LogP contribution in [-0.4, -0.2) is 0 Å². The van der Waals surface area contributed by atoms with E-state index < -0.39 is 0 Å². The molecular weight excluding hydrogens is 689 g/mol. The summed E-state index contributed by atoms with van der Waals surface area (Å²) in [5.41, 5.74) is 16.5. The van der Waals surface area contributed by atoms with Crippen molar-refractivity contribution in [1.82, 2.24) is 0 Å². The van der Waals surface area contributed by atoms with Gasteiger partial charge in [-0.1, -0.05) is 184 Å². The van der Waals surface area contributed by atoms with Gasteiger partial charge in [0.1, 0.15) is 0 Å². The van der Waals surface area contributed by atoms with E-state index in [0.29, 0.717) is 0 Å². The van der Waals surface area contributed by atoms with Gasteiger partial charge in [-0.05, 0) is 92.9 Å². The summed E-state index contributed by atoms with van der Waals surface area (Å²) in [4.78, 5) is 4.89. The Bertz CT molecular complexity index is 2860. The van der Waals surface area contributed by atoms with E-state index in [1.165, 1.54) is 66.8 Å². The Hall–Kier alpha value is -7.16. The van der Waals surface area contributed by atoms with E-state index in [0.717, 1.165) is 22.6 Å². The van der Waals surface area contributed by atoms with Crippen molar-refractivity contribution in [2.24, 2.45) is 0 Å². The zero-order valence-corrected chi connectivity index (χ0v) is 32.2. The zero-order valence-electron chi connectivity index (χ0n) is 32.2. The summed E-state index contributed by atoms with van der Waals surface area (Å²) in [7, 11) is 0. The smallest absolute Gasteiger partial charge is 0.0618 e. The lowest BCUT2D eigenvalue weighted by molar-refractivity contribution is 0.632. The van der Waals surface area contributed by atoms with E-state index >= 15 is 0 Å². The monoisotopic (exact) mass is 730 g/mol. The van der Waals surface area contributed by atoms with E-state index in [1.807, 2.05) is 0 Å². The van der Waals surface area contributed by atoms with Crippen molar-refractivity contribution >= 4 is 44.9 Å². The predicted octanol–water partition coefficient (Wildman–Crippen LogP) is 15.4. The fraction of sp³-hybridized carbons (Fsp3) is 0.0545. The summed E-state index contributed by atoms with van der Waals surface area (Å²) in [6.07, 6.45) is 0. The molecule has 0 aromatic heterocycles. The molecule has 0 saturated carbocycles. The van der Waals surface area contributed by atoms with Gasteiger partial charge in [-0.3, -0.25) is 0 Å². The topological polar surface area (TPSA) is 6.48 Å². The third kappa shape index (κ3) is 6.07. The molecule has 1 aliphatic heterocycles. The first kappa shape index (κ1) is 34.3. The average molecular weight is 731 g/mol. The fourth-order valence-corrected chi connectivity index (χ4v) is 8.77. The zero-order chi connectivity index (χ0) is 38.3. The SMILES string of the molecule is CC1(C)c2ccccc2N(c2c(-c3ccccc3)ccc3ccccc23)c2cc(-c3cccc(N(c4ccccc4)c4ccc(-c5ccccc5)cc4)c3)ccc21. The first-order valence-corrected chi connectivity index (χ1v) is 19.8. The van der Waals surface area contributed by atoms with E-state index in [-0.39, 0.29) is 5.41 Å². The lowest BCUT2D eigenvalue weighted by atomic mass is 9.73. The summed E-state index contributed by atoms with van der Waals surface area (Å²) in [5, 5.41) is 2.45. The van der Waals surface area contributed by atoms with E-state index in [4.69, 9.17) is 0 Å². The molecule has 10 rings (SSSR count). The van der Waals surface area contributed by atoms with E-state index in [2.05, 4.69) is 242 Å². The third-order valence-corrected chi connectivity index (χ3v) is 11.6. The Kier molecular flexibility index (Phi) is 8.53. The van der Waals surface area contributed by atoms with Gasteiger partial charge in [0.05, 0.1) is 17.1 Å². The highest BCUT2D eigenvalue weighted by atomic mass is 15.2. The van der Waals surface area contributed by atoms with Gasteiger partial charge in [-0.25, -0.2) is 0 Å². The first-order valence-electron chi connectivity index (χ1n) is 19.8. The van der Waals surface area contributed by atoms with Gasteiger partial charge in [-0.2, -0.15) is 0 Å². The van der Waals surface area contributed by atoms with Crippen LogP contribution in [0.1, 0.15) is 25.0 Å². The molecule has 0 bridgehead atoms. The highest BCUT2D eigenvalue weighted by molar-refractivity contribution is 6.07. The molecule has 0 fully saturated rings. The lowest BCUT2D eigenvalue weighted by Gasteiger charge is -2.43. The van der Waals surface area contributed by atoms with Crippen LogP contribution in [0.15, 0.2) is 218 Å². The molecule has 0 radical (unpaired) electrons. The number of fused-ring (bicyclic) bond motifs is 3. The van der Waals surface area contributed by atoms with Gasteiger partial charge < -0.3 is 9.80 Å². The molecule has 0 atom stereocenters. The Labute approximate surface area is 335 Å². The summed E-state index contributed by atoms with van der Waals surface area (Å²) < 4.78 is 0. The lowest BCUT2D eigenvalue weighted by Crippen LogP contribution is -2.31. The van der Waals surface area contributed by atoms with Crippen LogP contribution in [0.4, 0.5) is 34.1 Å². The minimum Gasteiger partial charge on any atom is -0.310 e. The molecule has 1 aliphatic rings. The quantitative estimate of drug-likeness (QED) is 0.161. The number of anilines is 6. The Balaban J connectivity index is 1.14. The van der Waals surface area contributed by atoms with Crippen molar-refractivity contribution in [3.8, 4) is 33.4 Å². The third-order valence-electron chi connectivity index (χ3n) is 11.6. The van der Waals surface area contributed by atoms with E-state index in [1.54, 1.807) is 0 Å². The summed E-state index contributed by atoms with van der Waals surface area (Å²) in [6.45, 7) is 4.73. The van der Waals surface area contributed by atoms with Gasteiger partial charge in [0, 0.05) is 33.4 Å². The number of hydrogen-bond acceptors (Lipinski definition) is 2. The van der Waals surface area contributed by atoms with Crippen molar-refractivity contribution in [3.05, 3.63) is 230 Å². The van der Waals surface area contributed by atoms with Crippen molar-refractivity contribution < 1.29 is 0 Å². The molecular formula is C55H42N2. The number of nitrogens with zero attached hydrogens (tertiary/aromatic N) is 2. The molecule has 57 heavy (non-hydrogen) atoms. The van der Waals surface area contributed by atoms with Gasteiger partial charge in [0.15, 0.2) is 0 Å². The largest absolute Gasteiger partial charge is 0.310 e. The number of hydrogen-bond donors (Lipinski definition) is 0. The molecule has 1 heterocycles. The molecule has 0 spiro atoms. The van der Waals surface area contributed by atoms with Gasteiger partial charge in [0.2, 0.25) is 0 Å². The first-order chi connectivity index (χ1) is 28.0. The fourth-order valence-electron chi connectivity index (χ4n) is 8.77. The molecule has 9 aromatic rings. The summed E-state index contributed by atoms with van der Waals surface area (Å²) in [6, 6.07) is 79.4. The second-order valence-electron chi connectivity index (χ2n) is 15.4. The number of benzene rings is 9. The van der Waals surface area contributed by atoms with Crippen LogP contribution in [0.2, 0.25) is 0 Å². The molecule has 0 amide bonds. The number of rotatable bonds is 7. The maximum atomic E-state index is 2.54. The van der Waals surface area contributed by atoms with Crippen molar-refractivity contribution in [1.29, 1.82) is 0 Å². The molecule has 0 N–H and O–H groups in total. The van der Waals surface area contributed by atoms with Crippen LogP contribution in [0, 0.1) is 0 Å². The predicted molar refractivity (Wildman–Crippen MR) is 242 cm³/mol. The molecule has 272 valence electrons. The van der Waals surface area contributed by atoms with Gasteiger partial charge >= 0.3 is 0 Å². The standard InChI is InChI=1S/C55H42N2/c1-55(2)50-27-14-15-28-52(50)57(54-48-26-13-12-21-42(48)31-35-49(54)41-19-8-4-9-20-41)53-38-44(32-36-51(53)55)43-22-16-25-47(37-43)56(45-23-10-5-11-24-45)46-33-29-40(30-34-46)39-17-6-3-7-18-39/h3-38H,1-2H3. The van der Waals surface area contributed by atoms with Crippen LogP contribution < -0.4 is 9.80 Å². The van der Waals surface area contributed by atoms with Crippen molar-refractivity contribution in [2.45, 2.75) is 19.3 Å². The Morgan fingerprint density at radius 2 is 0.912 bits per heavy atom. The van der Waals surface area contributed by atoms with Crippen molar-refractivity contribution in [3.63, 3.8) is 0 Å². The average Bonchev–Trinajstić information content (AvgIpc) is 3.28. The Morgan fingerprint density at radius 1 is 0.368 bits per heavy atom. The molecule has 9 aromatic carbocycles. The van der Waals surface area contributed by atoms with Gasteiger partial charge in [-0.15, -0.1) is 0 Å². The molecule has 0 saturated heterocycles. The molecule has 2 heteroatoms. The van der Waals surface area contributed by atoms with Crippen LogP contribution in [0.5, 0.6) is 0 Å². The van der Waals surface area contributed by atoms with Crippen molar-refractivity contribution in [2.75, 3.05) is 9.80 Å². The van der Waals surface area contributed by atoms with Crippen LogP contribution in [0.3, 0.4) is 0 Å². The second-order valence-corrected chi connectivity index (χ2v) is 15.4. The minimum atomic E-state index is -0.212.